The molecular formula is C27H31N3O4. The molecule has 0 saturated carbocycles. The van der Waals surface area contributed by atoms with Gasteiger partial charge in [0.25, 0.3) is 5.91 Å². The Bertz CT molecular complexity index is 1100. The van der Waals surface area contributed by atoms with Gasteiger partial charge in [-0.05, 0) is 86.4 Å². The summed E-state index contributed by atoms with van der Waals surface area (Å²) in [4.78, 5) is 17.2. The number of pyridine rings is 1. The summed E-state index contributed by atoms with van der Waals surface area (Å²) >= 11 is 0. The second-order valence-corrected chi connectivity index (χ2v) is 8.19. The van der Waals surface area contributed by atoms with E-state index < -0.39 is 0 Å². The summed E-state index contributed by atoms with van der Waals surface area (Å²) in [6.07, 6.45) is 2.97. The van der Waals surface area contributed by atoms with Crippen molar-refractivity contribution in [1.82, 2.24) is 15.6 Å². The number of carbonyl (C=O) groups is 1. The van der Waals surface area contributed by atoms with Crippen molar-refractivity contribution in [3.05, 3.63) is 71.9 Å². The van der Waals surface area contributed by atoms with E-state index in [1.165, 1.54) is 0 Å². The number of aromatic nitrogens is 1. The van der Waals surface area contributed by atoms with Gasteiger partial charge in [0.1, 0.15) is 17.5 Å². The van der Waals surface area contributed by atoms with Crippen LogP contribution in [0.25, 0.3) is 11.3 Å². The molecule has 2 N–H and O–H groups in total. The number of methoxy groups -OCH3 is 2. The van der Waals surface area contributed by atoms with Crippen LogP contribution in [-0.4, -0.2) is 50.8 Å². The summed E-state index contributed by atoms with van der Waals surface area (Å²) < 4.78 is 16.7. The first-order valence-corrected chi connectivity index (χ1v) is 11.6. The van der Waals surface area contributed by atoms with Crippen LogP contribution in [-0.2, 0) is 6.42 Å². The second kappa shape index (κ2) is 11.5. The highest BCUT2D eigenvalue weighted by molar-refractivity contribution is 5.92. The highest BCUT2D eigenvalue weighted by Gasteiger charge is 2.15. The predicted molar refractivity (Wildman–Crippen MR) is 132 cm³/mol. The average Bonchev–Trinajstić information content (AvgIpc) is 2.89. The Morgan fingerprint density at radius 1 is 1.00 bits per heavy atom. The number of ether oxygens (including phenoxy) is 3. The Morgan fingerprint density at radius 3 is 2.50 bits per heavy atom. The average molecular weight is 462 g/mol. The Balaban J connectivity index is 1.34. The van der Waals surface area contributed by atoms with Gasteiger partial charge in [-0.25, -0.2) is 4.98 Å². The molecule has 0 unspecified atom stereocenters. The van der Waals surface area contributed by atoms with Gasteiger partial charge in [0.2, 0.25) is 0 Å². The van der Waals surface area contributed by atoms with E-state index in [0.29, 0.717) is 30.2 Å². The zero-order valence-corrected chi connectivity index (χ0v) is 19.7. The van der Waals surface area contributed by atoms with Gasteiger partial charge in [0.15, 0.2) is 11.5 Å². The number of rotatable bonds is 9. The fourth-order valence-electron chi connectivity index (χ4n) is 3.98. The molecule has 0 atom stereocenters. The molecule has 1 fully saturated rings. The minimum absolute atomic E-state index is 0.201. The minimum atomic E-state index is -0.201. The second-order valence-electron chi connectivity index (χ2n) is 8.19. The molecule has 4 rings (SSSR count). The van der Waals surface area contributed by atoms with Gasteiger partial charge >= 0.3 is 0 Å². The first-order valence-electron chi connectivity index (χ1n) is 11.6. The van der Waals surface area contributed by atoms with E-state index in [0.717, 1.165) is 48.5 Å². The maximum atomic E-state index is 12.7. The molecule has 1 aromatic heterocycles. The van der Waals surface area contributed by atoms with Crippen LogP contribution in [0.5, 0.6) is 17.2 Å². The summed E-state index contributed by atoms with van der Waals surface area (Å²) in [6, 6.07) is 19.1. The zero-order valence-electron chi connectivity index (χ0n) is 19.7. The molecule has 2 heterocycles. The Hall–Kier alpha value is -3.58. The molecule has 0 radical (unpaired) electrons. The van der Waals surface area contributed by atoms with E-state index in [4.69, 9.17) is 14.2 Å². The molecule has 1 saturated heterocycles. The largest absolute Gasteiger partial charge is 0.493 e. The summed E-state index contributed by atoms with van der Waals surface area (Å²) in [5, 5.41) is 6.29. The summed E-state index contributed by atoms with van der Waals surface area (Å²) in [6.45, 7) is 2.48. The minimum Gasteiger partial charge on any atom is -0.493 e. The van der Waals surface area contributed by atoms with Gasteiger partial charge in [0, 0.05) is 12.1 Å². The predicted octanol–water partition coefficient (Wildman–Crippen LogP) is 3.87. The number of nitrogens with one attached hydrogen (secondary N) is 2. The first kappa shape index (κ1) is 23.6. The fourth-order valence-corrected chi connectivity index (χ4v) is 3.98. The Kier molecular flexibility index (Phi) is 7.99. The normalized spacial score (nSPS) is 13.8. The van der Waals surface area contributed by atoms with E-state index in [1.54, 1.807) is 20.3 Å². The van der Waals surface area contributed by atoms with Crippen molar-refractivity contribution in [2.75, 3.05) is 33.9 Å². The van der Waals surface area contributed by atoms with Crippen LogP contribution in [0.3, 0.4) is 0 Å². The number of hydrogen-bond acceptors (Lipinski definition) is 6. The zero-order chi connectivity index (χ0) is 23.8. The monoisotopic (exact) mass is 461 g/mol. The van der Waals surface area contributed by atoms with Crippen molar-refractivity contribution in [3.8, 4) is 28.5 Å². The van der Waals surface area contributed by atoms with Crippen LogP contribution < -0.4 is 24.8 Å². The fraction of sp³-hybridized carbons (Fsp3) is 0.333. The number of benzene rings is 2. The van der Waals surface area contributed by atoms with Crippen molar-refractivity contribution >= 4 is 5.91 Å². The molecule has 2 aromatic carbocycles. The molecule has 1 amide bonds. The van der Waals surface area contributed by atoms with Crippen molar-refractivity contribution in [2.45, 2.75) is 25.4 Å². The SMILES string of the molecule is COc1ccc(CCNC(=O)c2cccc(-c3ccc(OC4CCNCC4)cc3)n2)cc1OC. The lowest BCUT2D eigenvalue weighted by Crippen LogP contribution is -2.34. The molecule has 1 aliphatic rings. The number of nitrogens with zero attached hydrogens (tertiary/aromatic N) is 1. The quantitative estimate of drug-likeness (QED) is 0.504. The number of hydrogen-bond donors (Lipinski definition) is 2. The molecule has 7 heteroatoms. The van der Waals surface area contributed by atoms with Crippen LogP contribution in [0.15, 0.2) is 60.7 Å². The number of amides is 1. The highest BCUT2D eigenvalue weighted by Crippen LogP contribution is 2.27. The third kappa shape index (κ3) is 6.05. The summed E-state index contributed by atoms with van der Waals surface area (Å²) in [5.41, 5.74) is 3.13. The smallest absolute Gasteiger partial charge is 0.269 e. The van der Waals surface area contributed by atoms with E-state index in [-0.39, 0.29) is 12.0 Å². The number of carbonyl (C=O) groups excluding carboxylic acids is 1. The lowest BCUT2D eigenvalue weighted by Gasteiger charge is -2.23. The van der Waals surface area contributed by atoms with Gasteiger partial charge in [-0.1, -0.05) is 12.1 Å². The molecule has 7 nitrogen and oxygen atoms in total. The topological polar surface area (TPSA) is 81.7 Å². The maximum Gasteiger partial charge on any atom is 0.269 e. The van der Waals surface area contributed by atoms with Gasteiger partial charge in [-0.15, -0.1) is 0 Å². The Morgan fingerprint density at radius 2 is 1.76 bits per heavy atom. The lowest BCUT2D eigenvalue weighted by atomic mass is 10.1. The van der Waals surface area contributed by atoms with Crippen molar-refractivity contribution in [2.24, 2.45) is 0 Å². The molecule has 34 heavy (non-hydrogen) atoms. The van der Waals surface area contributed by atoms with Crippen LogP contribution in [0.4, 0.5) is 0 Å². The van der Waals surface area contributed by atoms with Gasteiger partial charge in [-0.2, -0.15) is 0 Å². The number of piperidine rings is 1. The van der Waals surface area contributed by atoms with E-state index >= 15 is 0 Å². The molecule has 0 spiro atoms. The van der Waals surface area contributed by atoms with Crippen molar-refractivity contribution in [3.63, 3.8) is 0 Å². The van der Waals surface area contributed by atoms with E-state index in [9.17, 15) is 4.79 Å². The molecule has 0 bridgehead atoms. The third-order valence-electron chi connectivity index (χ3n) is 5.87. The maximum absolute atomic E-state index is 12.7. The van der Waals surface area contributed by atoms with Crippen molar-refractivity contribution in [1.29, 1.82) is 0 Å². The molecule has 178 valence electrons. The molecular weight excluding hydrogens is 430 g/mol. The van der Waals surface area contributed by atoms with Gasteiger partial charge in [0.05, 0.1) is 19.9 Å². The molecule has 1 aliphatic heterocycles. The van der Waals surface area contributed by atoms with Crippen LogP contribution in [0.1, 0.15) is 28.9 Å². The molecule has 3 aromatic rings. The van der Waals surface area contributed by atoms with Crippen LogP contribution in [0, 0.1) is 0 Å². The van der Waals surface area contributed by atoms with Crippen LogP contribution >= 0.6 is 0 Å². The van der Waals surface area contributed by atoms with E-state index in [2.05, 4.69) is 15.6 Å². The standard InChI is InChI=1S/C27H31N3O4/c1-32-25-11-6-19(18-26(25)33-2)12-17-29-27(31)24-5-3-4-23(30-24)20-7-9-21(10-8-20)34-22-13-15-28-16-14-22/h3-11,18,22,28H,12-17H2,1-2H3,(H,29,31). The lowest BCUT2D eigenvalue weighted by molar-refractivity contribution is 0.0949. The first-order chi connectivity index (χ1) is 16.7. The third-order valence-corrected chi connectivity index (χ3v) is 5.87. The van der Waals surface area contributed by atoms with Gasteiger partial charge < -0.3 is 24.8 Å². The van der Waals surface area contributed by atoms with Gasteiger partial charge in [-0.3, -0.25) is 4.79 Å². The van der Waals surface area contributed by atoms with Crippen LogP contribution in [0.2, 0.25) is 0 Å². The highest BCUT2D eigenvalue weighted by atomic mass is 16.5. The Labute approximate surface area is 200 Å². The molecule has 0 aliphatic carbocycles. The van der Waals surface area contributed by atoms with E-state index in [1.807, 2.05) is 54.6 Å². The summed E-state index contributed by atoms with van der Waals surface area (Å²) in [7, 11) is 3.22. The summed E-state index contributed by atoms with van der Waals surface area (Å²) in [5.74, 6) is 2.02. The van der Waals surface area contributed by atoms with Crippen molar-refractivity contribution < 1.29 is 19.0 Å².